The van der Waals surface area contributed by atoms with Gasteiger partial charge in [0.2, 0.25) is 0 Å². The Morgan fingerprint density at radius 2 is 1.36 bits per heavy atom. The van der Waals surface area contributed by atoms with Gasteiger partial charge >= 0.3 is 0 Å². The molecular weight excluding hydrogens is 348 g/mol. The van der Waals surface area contributed by atoms with Crippen molar-refractivity contribution in [2.75, 3.05) is 66.7 Å². The Hall–Kier alpha value is -0.820. The minimum atomic E-state index is 0.628. The van der Waals surface area contributed by atoms with E-state index in [0.29, 0.717) is 13.2 Å². The van der Waals surface area contributed by atoms with Crippen LogP contribution in [-0.4, -0.2) is 76.5 Å². The molecule has 1 heterocycles. The smallest absolute Gasteiger partial charge is 0.162 e. The van der Waals surface area contributed by atoms with Crippen molar-refractivity contribution in [3.8, 4) is 11.5 Å². The van der Waals surface area contributed by atoms with E-state index in [4.69, 9.17) is 14.2 Å². The molecule has 6 heteroatoms. The summed E-state index contributed by atoms with van der Waals surface area (Å²) in [6, 6.07) is 5.88. The summed E-state index contributed by atoms with van der Waals surface area (Å²) < 4.78 is 18.4. The lowest BCUT2D eigenvalue weighted by Gasteiger charge is -2.17. The molecule has 0 N–H and O–H groups in total. The van der Waals surface area contributed by atoms with E-state index in [1.807, 2.05) is 18.2 Å². The van der Waals surface area contributed by atoms with Crippen molar-refractivity contribution in [2.24, 2.45) is 0 Å². The van der Waals surface area contributed by atoms with Crippen LogP contribution in [-0.2, 0) is 4.74 Å². The van der Waals surface area contributed by atoms with Gasteiger partial charge in [-0.15, -0.1) is 0 Å². The SMILES string of the molecule is CN1CCOCCN(C)CCOc2cc(Br)ccc2OCC1. The molecular formula is C16H25BrN2O3. The molecule has 0 aliphatic carbocycles. The Bertz CT molecular complexity index is 459. The van der Waals surface area contributed by atoms with E-state index in [2.05, 4.69) is 39.8 Å². The highest BCUT2D eigenvalue weighted by Gasteiger charge is 2.09. The summed E-state index contributed by atoms with van der Waals surface area (Å²) in [7, 11) is 4.16. The monoisotopic (exact) mass is 372 g/mol. The third-order valence-corrected chi connectivity index (χ3v) is 4.09. The first-order valence-corrected chi connectivity index (χ1v) is 8.44. The summed E-state index contributed by atoms with van der Waals surface area (Å²) in [5.41, 5.74) is 0. The minimum Gasteiger partial charge on any atom is -0.488 e. The van der Waals surface area contributed by atoms with Gasteiger partial charge in [-0.2, -0.15) is 0 Å². The molecule has 5 nitrogen and oxygen atoms in total. The highest BCUT2D eigenvalue weighted by Crippen LogP contribution is 2.30. The number of ether oxygens (including phenoxy) is 3. The third kappa shape index (κ3) is 6.12. The van der Waals surface area contributed by atoms with E-state index in [1.54, 1.807) is 0 Å². The quantitative estimate of drug-likeness (QED) is 0.696. The number of hydrogen-bond acceptors (Lipinski definition) is 5. The molecule has 0 saturated heterocycles. The Labute approximate surface area is 141 Å². The highest BCUT2D eigenvalue weighted by atomic mass is 79.9. The van der Waals surface area contributed by atoms with Crippen LogP contribution in [0.3, 0.4) is 0 Å². The van der Waals surface area contributed by atoms with Crippen molar-refractivity contribution in [3.63, 3.8) is 0 Å². The summed E-state index contributed by atoms with van der Waals surface area (Å²) in [4.78, 5) is 4.42. The summed E-state index contributed by atoms with van der Waals surface area (Å²) in [5.74, 6) is 1.59. The number of halogens is 1. The van der Waals surface area contributed by atoms with Crippen LogP contribution in [0.2, 0.25) is 0 Å². The predicted octanol–water partition coefficient (Wildman–Crippen LogP) is 2.10. The molecule has 0 fully saturated rings. The molecule has 0 bridgehead atoms. The molecule has 1 aromatic rings. The molecule has 2 rings (SSSR count). The summed E-state index contributed by atoms with van der Waals surface area (Å²) in [5, 5.41) is 0. The maximum Gasteiger partial charge on any atom is 0.162 e. The van der Waals surface area contributed by atoms with Gasteiger partial charge in [-0.05, 0) is 32.3 Å². The zero-order valence-corrected chi connectivity index (χ0v) is 15.0. The fourth-order valence-electron chi connectivity index (χ4n) is 2.10. The van der Waals surface area contributed by atoms with Crippen LogP contribution < -0.4 is 9.47 Å². The number of benzene rings is 1. The van der Waals surface area contributed by atoms with E-state index in [0.717, 1.165) is 55.4 Å². The van der Waals surface area contributed by atoms with Gasteiger partial charge in [0.1, 0.15) is 13.2 Å². The van der Waals surface area contributed by atoms with E-state index >= 15 is 0 Å². The van der Waals surface area contributed by atoms with E-state index < -0.39 is 0 Å². The molecule has 1 aliphatic rings. The van der Waals surface area contributed by atoms with Crippen LogP contribution >= 0.6 is 15.9 Å². The largest absolute Gasteiger partial charge is 0.488 e. The number of likely N-dealkylation sites (N-methyl/N-ethyl adjacent to an activating group) is 2. The van der Waals surface area contributed by atoms with Crippen molar-refractivity contribution in [1.82, 2.24) is 9.80 Å². The van der Waals surface area contributed by atoms with E-state index in [1.165, 1.54) is 0 Å². The Balaban J connectivity index is 2.01. The number of hydrogen-bond donors (Lipinski definition) is 0. The zero-order chi connectivity index (χ0) is 15.8. The fraction of sp³-hybridized carbons (Fsp3) is 0.625. The molecule has 0 atom stereocenters. The topological polar surface area (TPSA) is 34.2 Å². The normalized spacial score (nSPS) is 20.1. The number of fused-ring (bicyclic) bond motifs is 1. The van der Waals surface area contributed by atoms with Crippen molar-refractivity contribution in [3.05, 3.63) is 22.7 Å². The molecule has 1 aromatic carbocycles. The average Bonchev–Trinajstić information content (AvgIpc) is 2.48. The molecule has 0 spiro atoms. The molecule has 0 saturated carbocycles. The van der Waals surface area contributed by atoms with Gasteiger partial charge in [-0.3, -0.25) is 0 Å². The molecule has 0 radical (unpaired) electrons. The second-order valence-electron chi connectivity index (χ2n) is 5.51. The average molecular weight is 373 g/mol. The predicted molar refractivity (Wildman–Crippen MR) is 90.9 cm³/mol. The van der Waals surface area contributed by atoms with Crippen molar-refractivity contribution in [1.29, 1.82) is 0 Å². The standard InChI is InChI=1S/C16H25BrN2O3/c1-18-5-9-20-10-6-19(2)8-12-22-16-13-14(17)3-4-15(16)21-11-7-18/h3-4,13H,5-12H2,1-2H3. The van der Waals surface area contributed by atoms with E-state index in [9.17, 15) is 0 Å². The summed E-state index contributed by atoms with van der Waals surface area (Å²) in [6.45, 7) is 6.31. The second kappa shape index (κ2) is 9.35. The Morgan fingerprint density at radius 3 is 2.00 bits per heavy atom. The second-order valence-corrected chi connectivity index (χ2v) is 6.42. The third-order valence-electron chi connectivity index (χ3n) is 3.60. The lowest BCUT2D eigenvalue weighted by Crippen LogP contribution is -2.30. The van der Waals surface area contributed by atoms with Crippen LogP contribution in [0.25, 0.3) is 0 Å². The molecule has 0 aromatic heterocycles. The van der Waals surface area contributed by atoms with Crippen LogP contribution in [0.15, 0.2) is 22.7 Å². The maximum absolute atomic E-state index is 5.89. The van der Waals surface area contributed by atoms with Crippen molar-refractivity contribution in [2.45, 2.75) is 0 Å². The summed E-state index contributed by atoms with van der Waals surface area (Å²) in [6.07, 6.45) is 0. The maximum atomic E-state index is 5.89. The molecule has 22 heavy (non-hydrogen) atoms. The van der Waals surface area contributed by atoms with Crippen LogP contribution in [0.4, 0.5) is 0 Å². The van der Waals surface area contributed by atoms with Crippen LogP contribution in [0.5, 0.6) is 11.5 Å². The van der Waals surface area contributed by atoms with Gasteiger partial charge < -0.3 is 24.0 Å². The van der Waals surface area contributed by atoms with Crippen molar-refractivity contribution >= 4 is 15.9 Å². The number of nitrogens with zero attached hydrogens (tertiary/aromatic N) is 2. The molecule has 1 aliphatic heterocycles. The van der Waals surface area contributed by atoms with Gasteiger partial charge in [-0.1, -0.05) is 15.9 Å². The van der Waals surface area contributed by atoms with Gasteiger partial charge in [-0.25, -0.2) is 0 Å². The molecule has 124 valence electrons. The first kappa shape index (κ1) is 17.5. The lowest BCUT2D eigenvalue weighted by molar-refractivity contribution is 0.0895. The number of rotatable bonds is 0. The highest BCUT2D eigenvalue weighted by molar-refractivity contribution is 9.10. The molecule has 0 unspecified atom stereocenters. The van der Waals surface area contributed by atoms with Crippen LogP contribution in [0, 0.1) is 0 Å². The Morgan fingerprint density at radius 1 is 0.818 bits per heavy atom. The van der Waals surface area contributed by atoms with Gasteiger partial charge in [0.15, 0.2) is 11.5 Å². The van der Waals surface area contributed by atoms with Gasteiger partial charge in [0.25, 0.3) is 0 Å². The first-order valence-electron chi connectivity index (χ1n) is 7.65. The van der Waals surface area contributed by atoms with E-state index in [-0.39, 0.29) is 0 Å². The Kier molecular flexibility index (Phi) is 7.45. The molecule has 0 amide bonds. The van der Waals surface area contributed by atoms with Crippen LogP contribution in [0.1, 0.15) is 0 Å². The van der Waals surface area contributed by atoms with Gasteiger partial charge in [0.05, 0.1) is 13.2 Å². The first-order chi connectivity index (χ1) is 10.6. The van der Waals surface area contributed by atoms with Gasteiger partial charge in [0, 0.05) is 30.7 Å². The lowest BCUT2D eigenvalue weighted by atomic mass is 10.3. The minimum absolute atomic E-state index is 0.628. The zero-order valence-electron chi connectivity index (χ0n) is 13.4. The fourth-order valence-corrected chi connectivity index (χ4v) is 2.44. The summed E-state index contributed by atoms with van der Waals surface area (Å²) >= 11 is 3.48. The van der Waals surface area contributed by atoms with Crippen molar-refractivity contribution < 1.29 is 14.2 Å².